The van der Waals surface area contributed by atoms with Crippen molar-refractivity contribution in [3.8, 4) is 5.75 Å². The zero-order valence-electron chi connectivity index (χ0n) is 16.7. The molecule has 30 heavy (non-hydrogen) atoms. The van der Waals surface area contributed by atoms with Crippen molar-refractivity contribution in [2.45, 2.75) is 12.6 Å². The maximum Gasteiger partial charge on any atom is 0.252 e. The van der Waals surface area contributed by atoms with Gasteiger partial charge in [0.05, 0.1) is 6.04 Å². The van der Waals surface area contributed by atoms with Gasteiger partial charge in [-0.25, -0.2) is 4.98 Å². The topological polar surface area (TPSA) is 56.2 Å². The third kappa shape index (κ3) is 4.58. The van der Waals surface area contributed by atoms with Crippen molar-refractivity contribution < 1.29 is 9.53 Å². The number of imidazole rings is 1. The van der Waals surface area contributed by atoms with E-state index in [-0.39, 0.29) is 11.9 Å². The van der Waals surface area contributed by atoms with Crippen LogP contribution in [-0.4, -0.2) is 15.5 Å². The van der Waals surface area contributed by atoms with Crippen LogP contribution in [0.3, 0.4) is 0 Å². The van der Waals surface area contributed by atoms with Crippen LogP contribution in [0.4, 0.5) is 0 Å². The van der Waals surface area contributed by atoms with E-state index in [1.54, 1.807) is 30.5 Å². The zero-order valence-corrected chi connectivity index (χ0v) is 16.7. The number of nitrogens with one attached hydrogen (secondary N) is 1. The van der Waals surface area contributed by atoms with Gasteiger partial charge in [-0.3, -0.25) is 4.79 Å². The van der Waals surface area contributed by atoms with E-state index in [4.69, 9.17) is 4.74 Å². The Morgan fingerprint density at radius 3 is 2.07 bits per heavy atom. The van der Waals surface area contributed by atoms with Crippen LogP contribution in [0.1, 0.15) is 33.4 Å². The largest absolute Gasteiger partial charge is 0.486 e. The number of rotatable bonds is 7. The Kier molecular flexibility index (Phi) is 5.90. The Labute approximate surface area is 176 Å². The first kappa shape index (κ1) is 19.5. The molecule has 0 unspecified atom stereocenters. The van der Waals surface area contributed by atoms with Crippen LogP contribution in [0.15, 0.2) is 97.3 Å². The highest BCUT2D eigenvalue weighted by atomic mass is 16.5. The van der Waals surface area contributed by atoms with E-state index in [0.29, 0.717) is 17.9 Å². The summed E-state index contributed by atoms with van der Waals surface area (Å²) in [7, 11) is 1.93. The number of aromatic nitrogens is 2. The molecule has 1 amide bonds. The lowest BCUT2D eigenvalue weighted by Crippen LogP contribution is -2.29. The minimum absolute atomic E-state index is 0.136. The maximum absolute atomic E-state index is 12.9. The standard InChI is InChI=1S/C25H23N3O2/c1-28-17-16-26-23(28)18-30-22-14-12-21(13-15-22)25(29)27-24(19-8-4-2-5-9-19)20-10-6-3-7-11-20/h2-17,24H,18H2,1H3,(H,27,29). The molecule has 0 fully saturated rings. The highest BCUT2D eigenvalue weighted by molar-refractivity contribution is 5.94. The molecule has 0 saturated heterocycles. The Morgan fingerprint density at radius 2 is 1.53 bits per heavy atom. The van der Waals surface area contributed by atoms with Gasteiger partial charge in [-0.2, -0.15) is 0 Å². The number of carbonyl (C=O) groups excluding carboxylic acids is 1. The summed E-state index contributed by atoms with van der Waals surface area (Å²) < 4.78 is 7.68. The Hall–Kier alpha value is -3.86. The van der Waals surface area contributed by atoms with Crippen LogP contribution in [0.5, 0.6) is 5.75 Å². The van der Waals surface area contributed by atoms with Gasteiger partial charge >= 0.3 is 0 Å². The van der Waals surface area contributed by atoms with Crippen LogP contribution in [0.25, 0.3) is 0 Å². The summed E-state index contributed by atoms with van der Waals surface area (Å²) in [6.45, 7) is 0.374. The molecule has 3 aromatic carbocycles. The summed E-state index contributed by atoms with van der Waals surface area (Å²) in [5.41, 5.74) is 2.65. The van der Waals surface area contributed by atoms with Crippen molar-refractivity contribution in [1.82, 2.24) is 14.9 Å². The Morgan fingerprint density at radius 1 is 0.933 bits per heavy atom. The molecule has 0 aliphatic heterocycles. The van der Waals surface area contributed by atoms with Crippen LogP contribution in [0, 0.1) is 0 Å². The van der Waals surface area contributed by atoms with Crippen molar-refractivity contribution in [1.29, 1.82) is 0 Å². The van der Waals surface area contributed by atoms with Crippen LogP contribution >= 0.6 is 0 Å². The highest BCUT2D eigenvalue weighted by Gasteiger charge is 2.17. The summed E-state index contributed by atoms with van der Waals surface area (Å²) in [6, 6.07) is 26.9. The van der Waals surface area contributed by atoms with E-state index in [9.17, 15) is 4.79 Å². The molecule has 5 heteroatoms. The first-order chi connectivity index (χ1) is 14.7. The number of hydrogen-bond acceptors (Lipinski definition) is 3. The van der Waals surface area contributed by atoms with E-state index in [2.05, 4.69) is 10.3 Å². The summed E-state index contributed by atoms with van der Waals surface area (Å²) in [5, 5.41) is 3.15. The average molecular weight is 397 g/mol. The predicted octanol–water partition coefficient (Wildman–Crippen LogP) is 4.52. The van der Waals surface area contributed by atoms with Gasteiger partial charge in [0.1, 0.15) is 18.2 Å². The summed E-state index contributed by atoms with van der Waals surface area (Å²) >= 11 is 0. The fourth-order valence-corrected chi connectivity index (χ4v) is 3.25. The lowest BCUT2D eigenvalue weighted by Gasteiger charge is -2.20. The third-order valence-electron chi connectivity index (χ3n) is 4.95. The average Bonchev–Trinajstić information content (AvgIpc) is 3.22. The molecule has 0 aliphatic carbocycles. The van der Waals surface area contributed by atoms with E-state index >= 15 is 0 Å². The van der Waals surface area contributed by atoms with Gasteiger partial charge in [-0.05, 0) is 35.4 Å². The zero-order chi connectivity index (χ0) is 20.8. The molecule has 0 spiro atoms. The van der Waals surface area contributed by atoms with Gasteiger partial charge in [-0.1, -0.05) is 60.7 Å². The lowest BCUT2D eigenvalue weighted by atomic mass is 9.98. The van der Waals surface area contributed by atoms with Gasteiger partial charge in [0, 0.05) is 25.0 Å². The number of hydrogen-bond donors (Lipinski definition) is 1. The van der Waals surface area contributed by atoms with Crippen molar-refractivity contribution in [2.24, 2.45) is 7.05 Å². The second kappa shape index (κ2) is 9.09. The monoisotopic (exact) mass is 397 g/mol. The van der Waals surface area contributed by atoms with Gasteiger partial charge in [-0.15, -0.1) is 0 Å². The minimum Gasteiger partial charge on any atom is -0.486 e. The fourth-order valence-electron chi connectivity index (χ4n) is 3.25. The van der Waals surface area contributed by atoms with E-state index in [0.717, 1.165) is 17.0 Å². The molecule has 4 rings (SSSR count). The molecular weight excluding hydrogens is 374 g/mol. The van der Waals surface area contributed by atoms with E-state index in [1.807, 2.05) is 78.5 Å². The number of nitrogens with zero attached hydrogens (tertiary/aromatic N) is 2. The second-order valence-corrected chi connectivity index (χ2v) is 7.00. The summed E-state index contributed by atoms with van der Waals surface area (Å²) in [5.74, 6) is 1.39. The molecule has 0 aliphatic rings. The van der Waals surface area contributed by atoms with Crippen molar-refractivity contribution in [3.63, 3.8) is 0 Å². The molecule has 0 saturated carbocycles. The second-order valence-electron chi connectivity index (χ2n) is 7.00. The molecule has 4 aromatic rings. The van der Waals surface area contributed by atoms with E-state index in [1.165, 1.54) is 0 Å². The molecule has 1 aromatic heterocycles. The van der Waals surface area contributed by atoms with Crippen LogP contribution < -0.4 is 10.1 Å². The molecule has 0 atom stereocenters. The fraction of sp³-hybridized carbons (Fsp3) is 0.120. The van der Waals surface area contributed by atoms with Crippen LogP contribution in [0.2, 0.25) is 0 Å². The number of aryl methyl sites for hydroxylation is 1. The first-order valence-corrected chi connectivity index (χ1v) is 9.80. The molecule has 5 nitrogen and oxygen atoms in total. The third-order valence-corrected chi connectivity index (χ3v) is 4.95. The molecule has 0 radical (unpaired) electrons. The van der Waals surface area contributed by atoms with Gasteiger partial charge in [0.2, 0.25) is 0 Å². The van der Waals surface area contributed by atoms with Crippen molar-refractivity contribution >= 4 is 5.91 Å². The Balaban J connectivity index is 1.47. The number of carbonyl (C=O) groups is 1. The van der Waals surface area contributed by atoms with Gasteiger partial charge < -0.3 is 14.6 Å². The molecule has 0 bridgehead atoms. The molecule has 1 N–H and O–H groups in total. The summed E-state index contributed by atoms with van der Waals surface area (Å²) in [6.07, 6.45) is 3.62. The normalized spacial score (nSPS) is 10.7. The smallest absolute Gasteiger partial charge is 0.252 e. The molecule has 150 valence electrons. The van der Waals surface area contributed by atoms with Crippen molar-refractivity contribution in [3.05, 3.63) is 120 Å². The van der Waals surface area contributed by atoms with Gasteiger partial charge in [0.15, 0.2) is 0 Å². The van der Waals surface area contributed by atoms with Crippen molar-refractivity contribution in [2.75, 3.05) is 0 Å². The Bertz CT molecular complexity index is 1050. The lowest BCUT2D eigenvalue weighted by molar-refractivity contribution is 0.0943. The number of benzene rings is 3. The minimum atomic E-state index is -0.223. The van der Waals surface area contributed by atoms with Gasteiger partial charge in [0.25, 0.3) is 5.91 Å². The maximum atomic E-state index is 12.9. The number of amides is 1. The van der Waals surface area contributed by atoms with Crippen LogP contribution in [-0.2, 0) is 13.7 Å². The number of ether oxygens (including phenoxy) is 1. The molecule has 1 heterocycles. The highest BCUT2D eigenvalue weighted by Crippen LogP contribution is 2.23. The quantitative estimate of drug-likeness (QED) is 0.499. The first-order valence-electron chi connectivity index (χ1n) is 9.80. The molecular formula is C25H23N3O2. The summed E-state index contributed by atoms with van der Waals surface area (Å²) in [4.78, 5) is 17.2. The predicted molar refractivity (Wildman–Crippen MR) is 116 cm³/mol. The SMILES string of the molecule is Cn1ccnc1COc1ccc(C(=O)NC(c2ccccc2)c2ccccc2)cc1. The van der Waals surface area contributed by atoms with E-state index < -0.39 is 0 Å².